The van der Waals surface area contributed by atoms with E-state index in [4.69, 9.17) is 9.47 Å². The third-order valence-electron chi connectivity index (χ3n) is 7.22. The normalized spacial score (nSPS) is 22.1. The van der Waals surface area contributed by atoms with Gasteiger partial charge in [-0.1, -0.05) is 0 Å². The van der Waals surface area contributed by atoms with Gasteiger partial charge in [-0.25, -0.2) is 18.6 Å². The Labute approximate surface area is 217 Å². The third kappa shape index (κ3) is 6.02. The van der Waals surface area contributed by atoms with Gasteiger partial charge in [0.2, 0.25) is 0 Å². The molecule has 198 valence electrons. The largest absolute Gasteiger partial charge is 0.488 e. The van der Waals surface area contributed by atoms with Gasteiger partial charge in [-0.05, 0) is 69.5 Å². The fourth-order valence-electron chi connectivity index (χ4n) is 5.00. The van der Waals surface area contributed by atoms with Crippen molar-refractivity contribution in [3.05, 3.63) is 48.0 Å². The van der Waals surface area contributed by atoms with E-state index < -0.39 is 9.73 Å². The number of fused-ring (bicyclic) bond motifs is 1. The highest BCUT2D eigenvalue weighted by molar-refractivity contribution is 7.93. The maximum atomic E-state index is 14.2. The van der Waals surface area contributed by atoms with E-state index in [1.54, 1.807) is 13.2 Å². The highest BCUT2D eigenvalue weighted by atomic mass is 32.2. The number of aryl methyl sites for hydroxylation is 1. The van der Waals surface area contributed by atoms with Gasteiger partial charge in [0.15, 0.2) is 0 Å². The number of aromatic nitrogens is 2. The van der Waals surface area contributed by atoms with Gasteiger partial charge in [-0.15, -0.1) is 0 Å². The zero-order valence-electron chi connectivity index (χ0n) is 21.6. The number of hydrogen-bond donors (Lipinski definition) is 1. The van der Waals surface area contributed by atoms with Crippen molar-refractivity contribution in [3.8, 4) is 5.75 Å². The second-order valence-electron chi connectivity index (χ2n) is 9.97. The lowest BCUT2D eigenvalue weighted by molar-refractivity contribution is 0.0329. The van der Waals surface area contributed by atoms with E-state index in [1.807, 2.05) is 26.1 Å². The van der Waals surface area contributed by atoms with Gasteiger partial charge in [0.25, 0.3) is 0 Å². The van der Waals surface area contributed by atoms with Crippen LogP contribution >= 0.6 is 0 Å². The van der Waals surface area contributed by atoms with E-state index in [-0.39, 0.29) is 18.0 Å². The van der Waals surface area contributed by atoms with Gasteiger partial charge in [0, 0.05) is 43.2 Å². The molecular formula is C27H34FN5O3S. The van der Waals surface area contributed by atoms with Crippen molar-refractivity contribution >= 4 is 37.8 Å². The number of hydrogen-bond acceptors (Lipinski definition) is 8. The minimum absolute atomic E-state index is 0.00304. The molecule has 1 aliphatic carbocycles. The summed E-state index contributed by atoms with van der Waals surface area (Å²) < 4.78 is 43.8. The second kappa shape index (κ2) is 10.9. The molecule has 5 rings (SSSR count). The zero-order chi connectivity index (χ0) is 26.0. The Morgan fingerprint density at radius 1 is 1.08 bits per heavy atom. The number of halogens is 1. The molecule has 2 heterocycles. The van der Waals surface area contributed by atoms with Crippen LogP contribution in [-0.4, -0.2) is 70.0 Å². The summed E-state index contributed by atoms with van der Waals surface area (Å²) in [6.07, 6.45) is 5.31. The van der Waals surface area contributed by atoms with E-state index in [0.29, 0.717) is 40.0 Å². The molecule has 1 N–H and O–H groups in total. The molecule has 0 bridgehead atoms. The maximum Gasteiger partial charge on any atom is 0.146 e. The first-order valence-electron chi connectivity index (χ1n) is 12.7. The van der Waals surface area contributed by atoms with Crippen molar-refractivity contribution in [2.45, 2.75) is 44.8 Å². The minimum atomic E-state index is -2.29. The fraction of sp³-hybridized carbons (Fsp3) is 0.481. The van der Waals surface area contributed by atoms with E-state index in [0.717, 1.165) is 49.7 Å². The van der Waals surface area contributed by atoms with E-state index in [9.17, 15) is 8.60 Å². The molecule has 1 aliphatic heterocycles. The van der Waals surface area contributed by atoms with Crippen molar-refractivity contribution in [2.75, 3.05) is 44.1 Å². The van der Waals surface area contributed by atoms with Crippen LogP contribution in [0.1, 0.15) is 31.2 Å². The van der Waals surface area contributed by atoms with Crippen LogP contribution in [-0.2, 0) is 14.5 Å². The van der Waals surface area contributed by atoms with Crippen LogP contribution in [0.4, 0.5) is 21.6 Å². The van der Waals surface area contributed by atoms with E-state index in [2.05, 4.69) is 24.5 Å². The first-order valence-corrected chi connectivity index (χ1v) is 14.6. The molecule has 0 amide bonds. The first kappa shape index (κ1) is 25.8. The molecule has 10 heteroatoms. The smallest absolute Gasteiger partial charge is 0.146 e. The Morgan fingerprint density at radius 2 is 1.81 bits per heavy atom. The lowest BCUT2D eigenvalue weighted by Crippen LogP contribution is -2.37. The molecule has 2 aromatic carbocycles. The lowest BCUT2D eigenvalue weighted by atomic mass is 9.95. The molecular weight excluding hydrogens is 493 g/mol. The summed E-state index contributed by atoms with van der Waals surface area (Å²) in [5.41, 5.74) is 2.92. The predicted octanol–water partition coefficient (Wildman–Crippen LogP) is 5.20. The summed E-state index contributed by atoms with van der Waals surface area (Å²) in [6.45, 7) is 3.52. The molecule has 1 aromatic heterocycles. The van der Waals surface area contributed by atoms with Crippen LogP contribution in [0.2, 0.25) is 0 Å². The highest BCUT2D eigenvalue weighted by Gasteiger charge is 2.24. The first-order chi connectivity index (χ1) is 17.8. The molecule has 0 atom stereocenters. The molecule has 2 fully saturated rings. The summed E-state index contributed by atoms with van der Waals surface area (Å²) in [5, 5.41) is 4.18. The highest BCUT2D eigenvalue weighted by Crippen LogP contribution is 2.35. The summed E-state index contributed by atoms with van der Waals surface area (Å²) in [7, 11) is 1.49. The quantitative estimate of drug-likeness (QED) is 0.471. The van der Waals surface area contributed by atoms with Crippen molar-refractivity contribution in [1.29, 1.82) is 0 Å². The molecule has 0 radical (unpaired) electrons. The molecule has 2 aliphatic rings. The Balaban J connectivity index is 1.43. The average molecular weight is 528 g/mol. The number of rotatable bonds is 6. The topological polar surface area (TPSA) is 88.9 Å². The van der Waals surface area contributed by atoms with Gasteiger partial charge in [0.1, 0.15) is 23.7 Å². The van der Waals surface area contributed by atoms with Crippen LogP contribution in [0.25, 0.3) is 10.9 Å². The van der Waals surface area contributed by atoms with Crippen LogP contribution < -0.4 is 10.1 Å². The summed E-state index contributed by atoms with van der Waals surface area (Å²) in [6, 6.07) is 8.27. The van der Waals surface area contributed by atoms with E-state index >= 15 is 0 Å². The van der Waals surface area contributed by atoms with Crippen molar-refractivity contribution in [2.24, 2.45) is 4.36 Å². The average Bonchev–Trinajstić information content (AvgIpc) is 2.88. The van der Waals surface area contributed by atoms with Crippen molar-refractivity contribution in [1.82, 2.24) is 14.9 Å². The van der Waals surface area contributed by atoms with Gasteiger partial charge in [-0.3, -0.25) is 0 Å². The number of ether oxygens (including phenoxy) is 2. The molecule has 37 heavy (non-hydrogen) atoms. The second-order valence-corrected chi connectivity index (χ2v) is 12.5. The molecule has 1 saturated heterocycles. The SMILES string of the molecule is CO[C@H]1CC[C@H](Oc2cc(F)ccc2Nc2ncnc3cc(N=S4(=O)CCN(C)CC4)cc(C)c23)CC1. The Morgan fingerprint density at radius 3 is 2.54 bits per heavy atom. The van der Waals surface area contributed by atoms with Gasteiger partial charge >= 0.3 is 0 Å². The monoisotopic (exact) mass is 527 g/mol. The van der Waals surface area contributed by atoms with Crippen LogP contribution in [0, 0.1) is 12.7 Å². The third-order valence-corrected chi connectivity index (χ3v) is 9.41. The molecule has 8 nitrogen and oxygen atoms in total. The van der Waals surface area contributed by atoms with Crippen LogP contribution in [0.5, 0.6) is 5.75 Å². The minimum Gasteiger partial charge on any atom is -0.488 e. The summed E-state index contributed by atoms with van der Waals surface area (Å²) in [4.78, 5) is 11.1. The van der Waals surface area contributed by atoms with Gasteiger partial charge < -0.3 is 19.7 Å². The molecule has 1 saturated carbocycles. The van der Waals surface area contributed by atoms with Gasteiger partial charge in [0.05, 0.1) is 38.8 Å². The lowest BCUT2D eigenvalue weighted by Gasteiger charge is -2.28. The predicted molar refractivity (Wildman–Crippen MR) is 145 cm³/mol. The maximum absolute atomic E-state index is 14.2. The number of methoxy groups -OCH3 is 1. The molecule has 0 unspecified atom stereocenters. The number of benzene rings is 2. The van der Waals surface area contributed by atoms with Gasteiger partial charge in [-0.2, -0.15) is 4.36 Å². The van der Waals surface area contributed by atoms with E-state index in [1.165, 1.54) is 18.5 Å². The number of anilines is 2. The summed E-state index contributed by atoms with van der Waals surface area (Å²) >= 11 is 0. The number of nitrogens with zero attached hydrogens (tertiary/aromatic N) is 4. The van der Waals surface area contributed by atoms with Crippen LogP contribution in [0.15, 0.2) is 41.0 Å². The Hall–Kier alpha value is -2.82. The standard InChI is InChI=1S/C27H34FN5O3S/c1-18-14-20(32-37(34)12-10-33(2)11-13-37)16-24-26(18)27(30-17-29-24)31-23-9-4-19(28)15-25(23)36-22-7-5-21(35-3)6-8-22/h4,9,14-17,21-22H,5-8,10-13H2,1-3H3,(H,29,30,31)/t21-,22-. The number of nitrogens with one attached hydrogen (secondary N) is 1. The fourth-order valence-corrected chi connectivity index (χ4v) is 7.07. The Bertz CT molecular complexity index is 1390. The Kier molecular flexibility index (Phi) is 7.60. The van der Waals surface area contributed by atoms with Crippen molar-refractivity contribution in [3.63, 3.8) is 0 Å². The van der Waals surface area contributed by atoms with Crippen molar-refractivity contribution < 1.29 is 18.1 Å². The molecule has 3 aromatic rings. The van der Waals surface area contributed by atoms with Crippen LogP contribution in [0.3, 0.4) is 0 Å². The zero-order valence-corrected chi connectivity index (χ0v) is 22.4. The molecule has 0 spiro atoms. The summed E-state index contributed by atoms with van der Waals surface area (Å²) in [5.74, 6) is 1.83.